The minimum absolute atomic E-state index is 0.0602. The molecule has 1 aliphatic heterocycles. The predicted octanol–water partition coefficient (Wildman–Crippen LogP) is 1.95. The molecule has 0 N–H and O–H groups in total. The van der Waals surface area contributed by atoms with Gasteiger partial charge >= 0.3 is 6.61 Å². The van der Waals surface area contributed by atoms with E-state index in [4.69, 9.17) is 11.6 Å². The zero-order valence-corrected chi connectivity index (χ0v) is 10.7. The zero-order chi connectivity index (χ0) is 13.3. The normalized spacial score (nSPS) is 18.0. The zero-order valence-electron chi connectivity index (χ0n) is 9.09. The topological polar surface area (TPSA) is 46.6 Å². The Balaban J connectivity index is 2.04. The van der Waals surface area contributed by atoms with E-state index in [0.717, 1.165) is 4.31 Å². The molecule has 0 unspecified atom stereocenters. The van der Waals surface area contributed by atoms with Gasteiger partial charge in [-0.2, -0.15) is 13.1 Å². The van der Waals surface area contributed by atoms with E-state index in [1.807, 2.05) is 0 Å². The highest BCUT2D eigenvalue weighted by Crippen LogP contribution is 2.24. The van der Waals surface area contributed by atoms with Crippen LogP contribution in [-0.4, -0.2) is 38.5 Å². The molecular weight excluding hydrogens is 288 g/mol. The molecule has 0 aromatic heterocycles. The second-order valence-electron chi connectivity index (χ2n) is 3.79. The summed E-state index contributed by atoms with van der Waals surface area (Å²) in [4.78, 5) is 0.0856. The van der Waals surface area contributed by atoms with Crippen LogP contribution >= 0.6 is 11.6 Å². The number of halogens is 3. The summed E-state index contributed by atoms with van der Waals surface area (Å²) >= 11 is 5.66. The van der Waals surface area contributed by atoms with Gasteiger partial charge in [-0.1, -0.05) is 11.6 Å². The number of hydrogen-bond acceptors (Lipinski definition) is 3. The molecule has 0 bridgehead atoms. The Bertz CT molecular complexity index is 514. The highest BCUT2D eigenvalue weighted by molar-refractivity contribution is 7.89. The third-order valence-electron chi connectivity index (χ3n) is 2.56. The Morgan fingerprint density at radius 3 is 2.33 bits per heavy atom. The first-order valence-corrected chi connectivity index (χ1v) is 6.91. The van der Waals surface area contributed by atoms with Crippen LogP contribution in [0.3, 0.4) is 0 Å². The van der Waals surface area contributed by atoms with Crippen LogP contribution in [0.1, 0.15) is 0 Å². The summed E-state index contributed by atoms with van der Waals surface area (Å²) in [7, 11) is -3.64. The van der Waals surface area contributed by atoms with E-state index in [1.165, 1.54) is 24.3 Å². The lowest BCUT2D eigenvalue weighted by atomic mass is 10.2. The molecule has 1 aromatic rings. The molecule has 1 aliphatic rings. The van der Waals surface area contributed by atoms with Gasteiger partial charge in [-0.05, 0) is 24.3 Å². The maximum absolute atomic E-state index is 12.0. The monoisotopic (exact) mass is 297 g/mol. The molecule has 1 fully saturated rings. The van der Waals surface area contributed by atoms with Gasteiger partial charge in [-0.25, -0.2) is 8.42 Å². The number of nitrogens with zero attached hydrogens (tertiary/aromatic N) is 1. The van der Waals surface area contributed by atoms with Gasteiger partial charge in [0.15, 0.2) is 0 Å². The highest BCUT2D eigenvalue weighted by atomic mass is 35.5. The summed E-state index contributed by atoms with van der Waals surface area (Å²) < 4.78 is 53.1. The van der Waals surface area contributed by atoms with Crippen molar-refractivity contribution in [1.29, 1.82) is 0 Å². The van der Waals surface area contributed by atoms with Gasteiger partial charge in [0.1, 0.15) is 0 Å². The fourth-order valence-electron chi connectivity index (χ4n) is 1.58. The average Bonchev–Trinajstić information content (AvgIpc) is 2.23. The standard InChI is InChI=1S/C10H10ClF2NO3S/c11-7-1-3-9(4-2-7)18(15,16)14-5-8(6-14)17-10(12)13/h1-4,8,10H,5-6H2. The fraction of sp³-hybridized carbons (Fsp3) is 0.400. The highest BCUT2D eigenvalue weighted by Gasteiger charge is 2.38. The first-order chi connectivity index (χ1) is 8.39. The van der Waals surface area contributed by atoms with Crippen LogP contribution < -0.4 is 0 Å². The van der Waals surface area contributed by atoms with Crippen molar-refractivity contribution in [2.45, 2.75) is 17.6 Å². The lowest BCUT2D eigenvalue weighted by molar-refractivity contribution is -0.185. The van der Waals surface area contributed by atoms with E-state index in [1.54, 1.807) is 0 Å². The van der Waals surface area contributed by atoms with E-state index in [9.17, 15) is 17.2 Å². The average molecular weight is 298 g/mol. The Morgan fingerprint density at radius 1 is 1.28 bits per heavy atom. The van der Waals surface area contributed by atoms with Gasteiger partial charge in [-0.3, -0.25) is 0 Å². The largest absolute Gasteiger partial charge is 0.345 e. The molecule has 4 nitrogen and oxygen atoms in total. The molecule has 0 atom stereocenters. The van der Waals surface area contributed by atoms with Gasteiger partial charge in [0.05, 0.1) is 11.0 Å². The van der Waals surface area contributed by atoms with Gasteiger partial charge < -0.3 is 4.74 Å². The Morgan fingerprint density at radius 2 is 1.83 bits per heavy atom. The van der Waals surface area contributed by atoms with Crippen molar-refractivity contribution in [1.82, 2.24) is 4.31 Å². The third kappa shape index (κ3) is 2.80. The Hall–Kier alpha value is -0.760. The number of ether oxygens (including phenoxy) is 1. The van der Waals surface area contributed by atoms with Gasteiger partial charge in [-0.15, -0.1) is 0 Å². The van der Waals surface area contributed by atoms with Crippen molar-refractivity contribution < 1.29 is 21.9 Å². The van der Waals surface area contributed by atoms with E-state index < -0.39 is 22.7 Å². The van der Waals surface area contributed by atoms with Crippen LogP contribution in [-0.2, 0) is 14.8 Å². The number of rotatable bonds is 4. The molecule has 18 heavy (non-hydrogen) atoms. The molecule has 8 heteroatoms. The van der Waals surface area contributed by atoms with Crippen molar-refractivity contribution in [3.8, 4) is 0 Å². The minimum Gasteiger partial charge on any atom is -0.317 e. The first-order valence-electron chi connectivity index (χ1n) is 5.09. The van der Waals surface area contributed by atoms with Crippen LogP contribution in [0.15, 0.2) is 29.2 Å². The molecule has 0 amide bonds. The van der Waals surface area contributed by atoms with Gasteiger partial charge in [0, 0.05) is 18.1 Å². The van der Waals surface area contributed by atoms with Gasteiger partial charge in [0.25, 0.3) is 0 Å². The van der Waals surface area contributed by atoms with Crippen LogP contribution in [0.5, 0.6) is 0 Å². The lowest BCUT2D eigenvalue weighted by Crippen LogP contribution is -2.55. The molecule has 1 heterocycles. The van der Waals surface area contributed by atoms with Crippen molar-refractivity contribution >= 4 is 21.6 Å². The molecule has 1 aromatic carbocycles. The van der Waals surface area contributed by atoms with Crippen molar-refractivity contribution in [2.75, 3.05) is 13.1 Å². The lowest BCUT2D eigenvalue weighted by Gasteiger charge is -2.37. The minimum atomic E-state index is -3.64. The molecule has 1 saturated heterocycles. The van der Waals surface area contributed by atoms with E-state index >= 15 is 0 Å². The number of alkyl halides is 2. The summed E-state index contributed by atoms with van der Waals surface area (Å²) in [5, 5.41) is 0.427. The number of hydrogen-bond donors (Lipinski definition) is 0. The molecule has 0 spiro atoms. The summed E-state index contributed by atoms with van der Waals surface area (Å²) in [5.41, 5.74) is 0. The summed E-state index contributed by atoms with van der Waals surface area (Å²) in [6, 6.07) is 5.67. The third-order valence-corrected chi connectivity index (χ3v) is 4.66. The molecule has 100 valence electrons. The molecule has 2 rings (SSSR count). The number of benzene rings is 1. The fourth-order valence-corrected chi connectivity index (χ4v) is 3.21. The van der Waals surface area contributed by atoms with E-state index in [-0.39, 0.29) is 18.0 Å². The molecule has 0 saturated carbocycles. The maximum Gasteiger partial charge on any atom is 0.345 e. The van der Waals surface area contributed by atoms with Crippen molar-refractivity contribution in [3.63, 3.8) is 0 Å². The molecular formula is C10H10ClF2NO3S. The van der Waals surface area contributed by atoms with Crippen molar-refractivity contribution in [3.05, 3.63) is 29.3 Å². The smallest absolute Gasteiger partial charge is 0.317 e. The summed E-state index contributed by atoms with van der Waals surface area (Å²) in [5.74, 6) is 0. The Labute approximate surface area is 108 Å². The first kappa shape index (κ1) is 13.7. The van der Waals surface area contributed by atoms with Crippen LogP contribution in [0.25, 0.3) is 0 Å². The Kier molecular flexibility index (Phi) is 3.86. The second-order valence-corrected chi connectivity index (χ2v) is 6.17. The quantitative estimate of drug-likeness (QED) is 0.853. The SMILES string of the molecule is O=S(=O)(c1ccc(Cl)cc1)N1CC(OC(F)F)C1. The summed E-state index contributed by atoms with van der Waals surface area (Å²) in [6.45, 7) is -3.00. The van der Waals surface area contributed by atoms with Gasteiger partial charge in [0.2, 0.25) is 10.0 Å². The van der Waals surface area contributed by atoms with Crippen LogP contribution in [0, 0.1) is 0 Å². The predicted molar refractivity (Wildman–Crippen MR) is 61.1 cm³/mol. The molecule has 0 radical (unpaired) electrons. The van der Waals surface area contributed by atoms with Crippen LogP contribution in [0.2, 0.25) is 5.02 Å². The summed E-state index contributed by atoms with van der Waals surface area (Å²) in [6.07, 6.45) is -0.743. The number of sulfonamides is 1. The maximum atomic E-state index is 12.0. The molecule has 0 aliphatic carbocycles. The van der Waals surface area contributed by atoms with E-state index in [0.29, 0.717) is 5.02 Å². The second kappa shape index (κ2) is 5.08. The van der Waals surface area contributed by atoms with E-state index in [2.05, 4.69) is 4.74 Å². The van der Waals surface area contributed by atoms with Crippen LogP contribution in [0.4, 0.5) is 8.78 Å². The van der Waals surface area contributed by atoms with Crippen molar-refractivity contribution in [2.24, 2.45) is 0 Å².